The molecule has 96 valence electrons. The highest BCUT2D eigenvalue weighted by Gasteiger charge is 2.16. The Morgan fingerprint density at radius 2 is 2.06 bits per heavy atom. The van der Waals surface area contributed by atoms with Gasteiger partial charge in [-0.15, -0.1) is 0 Å². The summed E-state index contributed by atoms with van der Waals surface area (Å²) in [6.07, 6.45) is 0. The predicted molar refractivity (Wildman–Crippen MR) is 76.4 cm³/mol. The molecule has 0 aliphatic carbocycles. The number of anilines is 1. The van der Waals surface area contributed by atoms with Crippen molar-refractivity contribution in [1.82, 2.24) is 0 Å². The van der Waals surface area contributed by atoms with E-state index in [4.69, 9.17) is 11.6 Å². The first kappa shape index (κ1) is 15.0. The molecule has 3 nitrogen and oxygen atoms in total. The van der Waals surface area contributed by atoms with Crippen LogP contribution in [0.1, 0.15) is 13.8 Å². The topological polar surface area (TPSA) is 46.2 Å². The minimum atomic E-state index is -3.45. The molecule has 0 radical (unpaired) electrons. The molecular formula is C10H12ClFINO2S. The zero-order valence-corrected chi connectivity index (χ0v) is 13.0. The monoisotopic (exact) mass is 391 g/mol. The van der Waals surface area contributed by atoms with E-state index in [2.05, 4.69) is 4.72 Å². The maximum absolute atomic E-state index is 13.1. The van der Waals surface area contributed by atoms with E-state index in [1.165, 1.54) is 12.1 Å². The Hall–Kier alpha value is -0.0800. The van der Waals surface area contributed by atoms with Crippen LogP contribution in [0.4, 0.5) is 10.1 Å². The first-order valence-electron chi connectivity index (χ1n) is 4.87. The zero-order chi connectivity index (χ0) is 13.2. The second-order valence-corrected chi connectivity index (χ2v) is 7.22. The summed E-state index contributed by atoms with van der Waals surface area (Å²) in [5.74, 6) is -0.467. The molecule has 1 aromatic rings. The SMILES string of the molecule is CC(C)CS(=O)(=O)Nc1ccc(F)c(I)c1Cl. The van der Waals surface area contributed by atoms with Gasteiger partial charge < -0.3 is 0 Å². The van der Waals surface area contributed by atoms with Crippen LogP contribution in [-0.4, -0.2) is 14.2 Å². The quantitative estimate of drug-likeness (QED) is 0.631. The van der Waals surface area contributed by atoms with Crippen LogP contribution in [0.2, 0.25) is 5.02 Å². The number of hydrogen-bond donors (Lipinski definition) is 1. The van der Waals surface area contributed by atoms with E-state index in [9.17, 15) is 12.8 Å². The fourth-order valence-corrected chi connectivity index (χ4v) is 3.45. The lowest BCUT2D eigenvalue weighted by Gasteiger charge is -2.12. The van der Waals surface area contributed by atoms with Crippen LogP contribution in [0.15, 0.2) is 12.1 Å². The molecule has 7 heteroatoms. The molecule has 0 aliphatic rings. The molecule has 1 aromatic carbocycles. The van der Waals surface area contributed by atoms with Crippen molar-refractivity contribution < 1.29 is 12.8 Å². The number of halogens is 3. The molecule has 0 saturated carbocycles. The highest BCUT2D eigenvalue weighted by Crippen LogP contribution is 2.30. The van der Waals surface area contributed by atoms with Gasteiger partial charge in [0.2, 0.25) is 10.0 Å². The summed E-state index contributed by atoms with van der Waals surface area (Å²) in [6.45, 7) is 3.60. The van der Waals surface area contributed by atoms with E-state index in [0.29, 0.717) is 0 Å². The van der Waals surface area contributed by atoms with Crippen LogP contribution >= 0.6 is 34.2 Å². The van der Waals surface area contributed by atoms with Crippen molar-refractivity contribution in [1.29, 1.82) is 0 Å². The van der Waals surface area contributed by atoms with Crippen molar-refractivity contribution in [3.05, 3.63) is 26.5 Å². The maximum Gasteiger partial charge on any atom is 0.233 e. The number of hydrogen-bond acceptors (Lipinski definition) is 2. The van der Waals surface area contributed by atoms with E-state index in [1.54, 1.807) is 36.4 Å². The molecule has 17 heavy (non-hydrogen) atoms. The number of benzene rings is 1. The van der Waals surface area contributed by atoms with Crippen molar-refractivity contribution in [3.63, 3.8) is 0 Å². The minimum absolute atomic E-state index is 0.00269. The lowest BCUT2D eigenvalue weighted by Crippen LogP contribution is -2.20. The summed E-state index contributed by atoms with van der Waals surface area (Å²) < 4.78 is 39.1. The lowest BCUT2D eigenvalue weighted by molar-refractivity contribution is 0.587. The van der Waals surface area contributed by atoms with Gasteiger partial charge in [0.25, 0.3) is 0 Å². The van der Waals surface area contributed by atoms with Gasteiger partial charge in [0.05, 0.1) is 20.0 Å². The Kier molecular flexibility index (Phi) is 5.03. The molecule has 1 N–H and O–H groups in total. The number of rotatable bonds is 4. The third-order valence-electron chi connectivity index (χ3n) is 1.85. The molecule has 0 spiro atoms. The third-order valence-corrected chi connectivity index (χ3v) is 5.26. The summed E-state index contributed by atoms with van der Waals surface area (Å²) >= 11 is 7.60. The standard InChI is InChI=1S/C10H12ClFINO2S/c1-6(2)5-17(15,16)14-8-4-3-7(12)10(13)9(8)11/h3-4,6,14H,5H2,1-2H3. The Labute approximate surface area is 119 Å². The van der Waals surface area contributed by atoms with Crippen molar-refractivity contribution >= 4 is 49.9 Å². The van der Waals surface area contributed by atoms with Crippen LogP contribution in [0.25, 0.3) is 0 Å². The second-order valence-electron chi connectivity index (χ2n) is 4.00. The van der Waals surface area contributed by atoms with Crippen molar-refractivity contribution in [2.75, 3.05) is 10.5 Å². The van der Waals surface area contributed by atoms with Gasteiger partial charge in [-0.05, 0) is 40.6 Å². The molecule has 0 atom stereocenters. The van der Waals surface area contributed by atoms with Crippen molar-refractivity contribution in [2.45, 2.75) is 13.8 Å². The Morgan fingerprint density at radius 3 is 2.59 bits per heavy atom. The van der Waals surface area contributed by atoms with E-state index < -0.39 is 15.8 Å². The van der Waals surface area contributed by atoms with Crippen LogP contribution in [0.5, 0.6) is 0 Å². The summed E-state index contributed by atoms with van der Waals surface area (Å²) in [7, 11) is -3.45. The van der Waals surface area contributed by atoms with E-state index >= 15 is 0 Å². The van der Waals surface area contributed by atoms with Crippen LogP contribution in [0, 0.1) is 15.3 Å². The molecule has 0 aliphatic heterocycles. The van der Waals surface area contributed by atoms with Crippen LogP contribution in [0.3, 0.4) is 0 Å². The number of nitrogens with one attached hydrogen (secondary N) is 1. The van der Waals surface area contributed by atoms with Gasteiger partial charge >= 0.3 is 0 Å². The van der Waals surface area contributed by atoms with E-state index in [-0.39, 0.29) is 26.0 Å². The normalized spacial score (nSPS) is 11.9. The summed E-state index contributed by atoms with van der Waals surface area (Å²) in [5, 5.41) is 0.0814. The van der Waals surface area contributed by atoms with E-state index in [0.717, 1.165) is 0 Å². The molecule has 0 heterocycles. The average Bonchev–Trinajstić information content (AvgIpc) is 2.17. The van der Waals surface area contributed by atoms with Gasteiger partial charge in [0.15, 0.2) is 0 Å². The average molecular weight is 392 g/mol. The van der Waals surface area contributed by atoms with Crippen molar-refractivity contribution in [2.24, 2.45) is 5.92 Å². The second kappa shape index (κ2) is 5.71. The van der Waals surface area contributed by atoms with E-state index in [1.807, 2.05) is 0 Å². The molecule has 0 unspecified atom stereocenters. The Balaban J connectivity index is 3.01. The molecule has 0 saturated heterocycles. The summed E-state index contributed by atoms with van der Waals surface area (Å²) in [5.41, 5.74) is 0.207. The molecule has 0 fully saturated rings. The fraction of sp³-hybridized carbons (Fsp3) is 0.400. The van der Waals surface area contributed by atoms with Gasteiger partial charge in [0.1, 0.15) is 5.82 Å². The zero-order valence-electron chi connectivity index (χ0n) is 9.30. The first-order chi connectivity index (χ1) is 7.73. The Bertz CT molecular complexity index is 519. The minimum Gasteiger partial charge on any atom is -0.282 e. The fourth-order valence-electron chi connectivity index (χ4n) is 1.25. The van der Waals surface area contributed by atoms with Gasteiger partial charge in [-0.2, -0.15) is 0 Å². The molecule has 0 aromatic heterocycles. The predicted octanol–water partition coefficient (Wildman–Crippen LogP) is 3.48. The van der Waals surface area contributed by atoms with Crippen LogP contribution < -0.4 is 4.72 Å². The maximum atomic E-state index is 13.1. The molecule has 1 rings (SSSR count). The largest absolute Gasteiger partial charge is 0.282 e. The van der Waals surface area contributed by atoms with Gasteiger partial charge in [-0.25, -0.2) is 12.8 Å². The third kappa shape index (κ3) is 4.26. The molecular weight excluding hydrogens is 380 g/mol. The molecule has 0 bridgehead atoms. The van der Waals surface area contributed by atoms with Crippen molar-refractivity contribution in [3.8, 4) is 0 Å². The lowest BCUT2D eigenvalue weighted by atomic mass is 10.3. The number of sulfonamides is 1. The first-order valence-corrected chi connectivity index (χ1v) is 7.98. The Morgan fingerprint density at radius 1 is 1.47 bits per heavy atom. The van der Waals surface area contributed by atoms with Crippen LogP contribution in [-0.2, 0) is 10.0 Å². The summed E-state index contributed by atoms with van der Waals surface area (Å²) in [4.78, 5) is 0. The highest BCUT2D eigenvalue weighted by atomic mass is 127. The van der Waals surface area contributed by atoms with Gasteiger partial charge in [-0.3, -0.25) is 4.72 Å². The van der Waals surface area contributed by atoms with Gasteiger partial charge in [-0.1, -0.05) is 25.4 Å². The highest BCUT2D eigenvalue weighted by molar-refractivity contribution is 14.1. The van der Waals surface area contributed by atoms with Gasteiger partial charge in [0, 0.05) is 0 Å². The summed E-state index contributed by atoms with van der Waals surface area (Å²) in [6, 6.07) is 2.50. The molecule has 0 amide bonds. The smallest absolute Gasteiger partial charge is 0.233 e.